The number of rotatable bonds is 6. The van der Waals surface area contributed by atoms with Gasteiger partial charge in [-0.05, 0) is 18.2 Å². The van der Waals surface area contributed by atoms with Gasteiger partial charge in [-0.25, -0.2) is 0 Å². The fraction of sp³-hybridized carbons (Fsp3) is 0.429. The molecule has 8 heteroatoms. The van der Waals surface area contributed by atoms with Gasteiger partial charge in [0.25, 0.3) is 0 Å². The number of methoxy groups -OCH3 is 3. The van der Waals surface area contributed by atoms with Crippen molar-refractivity contribution in [3.05, 3.63) is 35.4 Å². The molecule has 2 aromatic rings. The molecule has 8 nitrogen and oxygen atoms in total. The van der Waals surface area contributed by atoms with Crippen molar-refractivity contribution in [2.75, 3.05) is 54.4 Å². The summed E-state index contributed by atoms with van der Waals surface area (Å²) in [6, 6.07) is 7.15. The first-order chi connectivity index (χ1) is 14.2. The minimum Gasteiger partial charge on any atom is -0.507 e. The van der Waals surface area contributed by atoms with Crippen LogP contribution in [0.25, 0.3) is 0 Å². The van der Waals surface area contributed by atoms with Crippen LogP contribution in [0.2, 0.25) is 0 Å². The van der Waals surface area contributed by atoms with Crippen molar-refractivity contribution in [1.29, 1.82) is 0 Å². The van der Waals surface area contributed by atoms with Crippen molar-refractivity contribution in [3.63, 3.8) is 0 Å². The normalized spacial score (nSPS) is 17.1. The fourth-order valence-electron chi connectivity index (χ4n) is 4.00. The average Bonchev–Trinajstić information content (AvgIpc) is 3.21. The van der Waals surface area contributed by atoms with Crippen molar-refractivity contribution < 1.29 is 38.4 Å². The van der Waals surface area contributed by atoms with Gasteiger partial charge in [0.05, 0.1) is 40.1 Å². The molecular weight excluding hydrogens is 378 g/mol. The van der Waals surface area contributed by atoms with Crippen LogP contribution in [-0.2, 0) is 4.74 Å². The van der Waals surface area contributed by atoms with Crippen molar-refractivity contribution in [2.24, 2.45) is 0 Å². The van der Waals surface area contributed by atoms with Gasteiger partial charge < -0.3 is 38.4 Å². The van der Waals surface area contributed by atoms with Crippen molar-refractivity contribution >= 4 is 0 Å². The van der Waals surface area contributed by atoms with Crippen molar-refractivity contribution in [3.8, 4) is 34.5 Å². The van der Waals surface area contributed by atoms with Gasteiger partial charge in [0.15, 0.2) is 23.0 Å². The molecule has 0 bridgehead atoms. The molecule has 0 unspecified atom stereocenters. The first-order valence-electron chi connectivity index (χ1n) is 9.51. The predicted molar refractivity (Wildman–Crippen MR) is 104 cm³/mol. The molecule has 156 valence electrons. The topological polar surface area (TPSA) is 80.1 Å². The Morgan fingerprint density at radius 1 is 0.897 bits per heavy atom. The highest BCUT2D eigenvalue weighted by Gasteiger charge is 2.34. The van der Waals surface area contributed by atoms with E-state index in [1.807, 2.05) is 18.2 Å². The molecule has 29 heavy (non-hydrogen) atoms. The predicted octanol–water partition coefficient (Wildman–Crippen LogP) is 1.15. The zero-order valence-electron chi connectivity index (χ0n) is 16.8. The molecule has 0 radical (unpaired) electrons. The van der Waals surface area contributed by atoms with Crippen LogP contribution in [-0.4, -0.2) is 59.5 Å². The molecule has 0 amide bonds. The van der Waals surface area contributed by atoms with E-state index in [0.29, 0.717) is 42.0 Å². The fourth-order valence-corrected chi connectivity index (χ4v) is 4.00. The van der Waals surface area contributed by atoms with E-state index in [1.165, 1.54) is 4.90 Å². The Morgan fingerprint density at radius 2 is 1.52 bits per heavy atom. The number of nitrogens with one attached hydrogen (secondary N) is 1. The molecule has 0 aromatic heterocycles. The lowest BCUT2D eigenvalue weighted by Gasteiger charge is -2.33. The van der Waals surface area contributed by atoms with E-state index in [2.05, 4.69) is 0 Å². The number of hydrogen-bond acceptors (Lipinski definition) is 7. The third kappa shape index (κ3) is 3.61. The Hall–Kier alpha value is -2.84. The second-order valence-corrected chi connectivity index (χ2v) is 6.93. The first kappa shape index (κ1) is 19.5. The molecule has 0 aliphatic carbocycles. The Balaban J connectivity index is 1.86. The Labute approximate surface area is 169 Å². The van der Waals surface area contributed by atoms with Crippen LogP contribution in [0.1, 0.15) is 17.2 Å². The van der Waals surface area contributed by atoms with Crippen LogP contribution in [0, 0.1) is 0 Å². The van der Waals surface area contributed by atoms with Gasteiger partial charge in [0.1, 0.15) is 24.9 Å². The Morgan fingerprint density at radius 3 is 2.10 bits per heavy atom. The second-order valence-electron chi connectivity index (χ2n) is 6.93. The lowest BCUT2D eigenvalue weighted by Crippen LogP contribution is -3.14. The molecule has 2 aromatic carbocycles. The average molecular weight is 404 g/mol. The molecule has 0 spiro atoms. The number of phenolic OH excluding ortho intramolecular Hbond substituents is 1. The van der Waals surface area contributed by atoms with E-state index in [-0.39, 0.29) is 18.6 Å². The largest absolute Gasteiger partial charge is 0.507 e. The summed E-state index contributed by atoms with van der Waals surface area (Å²) in [6.07, 6.45) is 0. The maximum absolute atomic E-state index is 10.8. The number of morpholine rings is 1. The zero-order chi connectivity index (χ0) is 20.4. The summed E-state index contributed by atoms with van der Waals surface area (Å²) in [6.45, 7) is 3.06. The summed E-state index contributed by atoms with van der Waals surface area (Å²) >= 11 is 0. The monoisotopic (exact) mass is 404 g/mol. The minimum atomic E-state index is -0.179. The molecule has 1 atom stereocenters. The van der Waals surface area contributed by atoms with E-state index >= 15 is 0 Å². The van der Waals surface area contributed by atoms with Crippen LogP contribution in [0.5, 0.6) is 34.5 Å². The van der Waals surface area contributed by atoms with Crippen LogP contribution in [0.15, 0.2) is 24.3 Å². The SMILES string of the molecule is COc1cc([C@@H](c2cc3c(cc2O)OCO3)[NH+]2CCOCC2)cc(OC)c1OC. The van der Waals surface area contributed by atoms with Crippen LogP contribution in [0.4, 0.5) is 0 Å². The standard InChI is InChI=1S/C21H25NO7/c1-24-18-8-13(9-19(25-2)21(18)26-3)20(22-4-6-27-7-5-22)14-10-16-17(11-15(14)23)29-12-28-16/h8-11,20,23H,4-7,12H2,1-3H3/p+1/t20-/m0/s1. The quantitative estimate of drug-likeness (QED) is 0.748. The maximum Gasteiger partial charge on any atom is 0.231 e. The lowest BCUT2D eigenvalue weighted by atomic mass is 9.94. The van der Waals surface area contributed by atoms with Crippen LogP contribution in [0.3, 0.4) is 0 Å². The lowest BCUT2D eigenvalue weighted by molar-refractivity contribution is -0.933. The molecule has 1 saturated heterocycles. The van der Waals surface area contributed by atoms with E-state index < -0.39 is 0 Å². The summed E-state index contributed by atoms with van der Waals surface area (Å²) in [7, 11) is 4.76. The van der Waals surface area contributed by atoms with E-state index in [4.69, 9.17) is 28.4 Å². The first-order valence-corrected chi connectivity index (χ1v) is 9.51. The van der Waals surface area contributed by atoms with Crippen LogP contribution >= 0.6 is 0 Å². The summed E-state index contributed by atoms with van der Waals surface area (Å²) in [5, 5.41) is 10.8. The molecule has 2 heterocycles. The van der Waals surface area contributed by atoms with E-state index in [1.54, 1.807) is 27.4 Å². The Bertz CT molecular complexity index is 855. The van der Waals surface area contributed by atoms with Gasteiger partial charge in [-0.2, -0.15) is 0 Å². The van der Waals surface area contributed by atoms with E-state index in [9.17, 15) is 5.11 Å². The number of fused-ring (bicyclic) bond motifs is 1. The minimum absolute atomic E-state index is 0.150. The molecule has 2 aliphatic heterocycles. The number of ether oxygens (including phenoxy) is 6. The summed E-state index contributed by atoms with van der Waals surface area (Å²) in [4.78, 5) is 1.26. The molecule has 0 saturated carbocycles. The highest BCUT2D eigenvalue weighted by molar-refractivity contribution is 5.58. The summed E-state index contributed by atoms with van der Waals surface area (Å²) in [5.74, 6) is 3.01. The van der Waals surface area contributed by atoms with Gasteiger partial charge in [-0.15, -0.1) is 0 Å². The molecule has 4 rings (SSSR count). The van der Waals surface area contributed by atoms with Gasteiger partial charge in [-0.1, -0.05) is 0 Å². The molecule has 2 aliphatic rings. The van der Waals surface area contributed by atoms with Gasteiger partial charge >= 0.3 is 0 Å². The highest BCUT2D eigenvalue weighted by Crippen LogP contribution is 2.44. The third-order valence-electron chi connectivity index (χ3n) is 5.40. The number of quaternary nitrogens is 1. The zero-order valence-corrected chi connectivity index (χ0v) is 16.8. The van der Waals surface area contributed by atoms with E-state index in [0.717, 1.165) is 24.2 Å². The summed E-state index contributed by atoms with van der Waals surface area (Å²) in [5.41, 5.74) is 1.69. The smallest absolute Gasteiger partial charge is 0.231 e. The van der Waals surface area contributed by atoms with Gasteiger partial charge in [-0.3, -0.25) is 0 Å². The number of benzene rings is 2. The third-order valence-corrected chi connectivity index (χ3v) is 5.40. The van der Waals surface area contributed by atoms with Gasteiger partial charge in [0.2, 0.25) is 12.5 Å². The Kier molecular flexibility index (Phi) is 5.55. The summed E-state index contributed by atoms with van der Waals surface area (Å²) < 4.78 is 33.1. The number of aromatic hydroxyl groups is 1. The van der Waals surface area contributed by atoms with Crippen molar-refractivity contribution in [1.82, 2.24) is 0 Å². The molecule has 2 N–H and O–H groups in total. The second kappa shape index (κ2) is 8.26. The number of hydrogen-bond donors (Lipinski definition) is 2. The van der Waals surface area contributed by atoms with Crippen molar-refractivity contribution in [2.45, 2.75) is 6.04 Å². The van der Waals surface area contributed by atoms with Gasteiger partial charge in [0, 0.05) is 11.6 Å². The molecule has 1 fully saturated rings. The highest BCUT2D eigenvalue weighted by atomic mass is 16.7. The van der Waals surface area contributed by atoms with Crippen LogP contribution < -0.4 is 28.6 Å². The molecular formula is C21H26NO7+. The number of phenols is 1. The maximum atomic E-state index is 10.8.